The molecule has 0 aliphatic carbocycles. The Hall–Kier alpha value is -4.88. The number of nitrogens with zero attached hydrogens (tertiary/aromatic N) is 3. The van der Waals surface area contributed by atoms with Crippen molar-refractivity contribution in [3.8, 4) is 0 Å². The number of hydrogen-bond donors (Lipinski definition) is 7. The van der Waals surface area contributed by atoms with E-state index in [1.807, 2.05) is 0 Å². The average Bonchev–Trinajstić information content (AvgIpc) is 3.74. The number of hydrogen-bond acceptors (Lipinski definition) is 12. The topological polar surface area (TPSA) is 260 Å². The van der Waals surface area contributed by atoms with E-state index in [4.69, 9.17) is 25.7 Å². The second-order valence-corrected chi connectivity index (χ2v) is 12.8. The maximum absolute atomic E-state index is 13.6. The maximum Gasteiger partial charge on any atom is 0.333 e. The number of nitrogens with two attached hydrogens (primary N) is 2. The van der Waals surface area contributed by atoms with Gasteiger partial charge in [0.15, 0.2) is 23.7 Å². The maximum atomic E-state index is 13.6. The van der Waals surface area contributed by atoms with E-state index in [0.29, 0.717) is 37.1 Å². The Balaban J connectivity index is 1.37. The number of imidazole rings is 1. The summed E-state index contributed by atoms with van der Waals surface area (Å²) < 4.78 is 20.9. The molecule has 0 radical (unpaired) electrons. The number of amides is 3. The number of unbranched alkanes of at least 4 members (excludes halogenated alkanes) is 1. The van der Waals surface area contributed by atoms with E-state index in [0.717, 1.165) is 4.57 Å². The second-order valence-electron chi connectivity index (χ2n) is 12.8. The quantitative estimate of drug-likeness (QED) is 0.0795. The van der Waals surface area contributed by atoms with Crippen LogP contribution in [0.3, 0.4) is 0 Å². The Morgan fingerprint density at radius 3 is 2.53 bits per heavy atom. The van der Waals surface area contributed by atoms with Gasteiger partial charge in [-0.2, -0.15) is 4.98 Å². The number of aliphatic hydroxyl groups excluding tert-OH is 1. The molecule has 18 nitrogen and oxygen atoms in total. The first-order valence-electron chi connectivity index (χ1n) is 16.7. The molecular formula is C33H45N9O9. The normalized spacial score (nSPS) is 22.4. The van der Waals surface area contributed by atoms with Crippen LogP contribution < -0.4 is 38.7 Å². The number of carbonyl (C=O) groups excluding carboxylic acids is 3. The smallest absolute Gasteiger partial charge is 0.333 e. The summed E-state index contributed by atoms with van der Waals surface area (Å²) in [5.74, 6) is -1.75. The van der Waals surface area contributed by atoms with Crippen LogP contribution in [0.25, 0.3) is 11.2 Å². The fourth-order valence-electron chi connectivity index (χ4n) is 6.34. The molecule has 1 aromatic carbocycles. The number of aromatic nitrogens is 4. The van der Waals surface area contributed by atoms with Gasteiger partial charge in [0.2, 0.25) is 23.7 Å². The number of nitrogens with one attached hydrogen (secondary N) is 4. The molecule has 2 aliphatic rings. The van der Waals surface area contributed by atoms with E-state index in [1.165, 1.54) is 17.6 Å². The van der Waals surface area contributed by atoms with Crippen LogP contribution in [-0.4, -0.2) is 85.5 Å². The molecule has 3 aromatic rings. The monoisotopic (exact) mass is 711 g/mol. The first-order chi connectivity index (χ1) is 24.4. The number of nitrogen functional groups attached to an aromatic ring is 1. The summed E-state index contributed by atoms with van der Waals surface area (Å²) >= 11 is 0. The Kier molecular flexibility index (Phi) is 11.7. The van der Waals surface area contributed by atoms with Crippen LogP contribution in [0.2, 0.25) is 0 Å². The highest BCUT2D eigenvalue weighted by molar-refractivity contribution is 5.98. The standard InChI is InChI=1S/C33H45N9O9/c1-5-13-41-23-26(39-32(35)40-29(23)47)42(33(41)48)30-25-24(21(15-43)49-30)50-31(51-25)18-9-8-10-19(14-18)37-27(45)20(11-6-7-12-34)38-28(46)22(16(2)3)36-17(4)44/h5,8-10,14,16,20-22,24-25,30-31,43H,1,6-7,11-13,15,34H2,2-4H3,(H,36,44)(H,37,45)(H,38,46)(H3,35,39,40,47)/t20-,21+,22-,24+,25+,30+,31?/m0/s1. The summed E-state index contributed by atoms with van der Waals surface area (Å²) in [6, 6.07) is 4.96. The molecular weight excluding hydrogens is 666 g/mol. The number of H-pyrrole nitrogens is 1. The number of aliphatic hydroxyl groups is 1. The van der Waals surface area contributed by atoms with Crippen LogP contribution in [0.5, 0.6) is 0 Å². The van der Waals surface area contributed by atoms with Crippen molar-refractivity contribution in [2.45, 2.75) is 89.5 Å². The number of rotatable bonds is 15. The van der Waals surface area contributed by atoms with Crippen molar-refractivity contribution in [2.75, 3.05) is 24.2 Å². The van der Waals surface area contributed by atoms with Crippen LogP contribution in [0.1, 0.15) is 58.1 Å². The van der Waals surface area contributed by atoms with Crippen molar-refractivity contribution < 1.29 is 33.7 Å². The highest BCUT2D eigenvalue weighted by atomic mass is 16.8. The molecule has 0 saturated carbocycles. The molecule has 3 amide bonds. The number of anilines is 2. The van der Waals surface area contributed by atoms with Gasteiger partial charge in [0, 0.05) is 24.7 Å². The fourth-order valence-corrected chi connectivity index (χ4v) is 6.34. The van der Waals surface area contributed by atoms with E-state index in [9.17, 15) is 29.1 Å². The predicted molar refractivity (Wildman–Crippen MR) is 185 cm³/mol. The van der Waals surface area contributed by atoms with E-state index < -0.39 is 72.6 Å². The molecule has 2 saturated heterocycles. The van der Waals surface area contributed by atoms with Gasteiger partial charge < -0.3 is 46.7 Å². The number of benzene rings is 1. The number of fused-ring (bicyclic) bond motifs is 2. The number of aromatic amines is 1. The summed E-state index contributed by atoms with van der Waals surface area (Å²) in [6.45, 7) is 8.54. The molecule has 7 atom stereocenters. The van der Waals surface area contributed by atoms with E-state index >= 15 is 0 Å². The molecule has 2 aliphatic heterocycles. The van der Waals surface area contributed by atoms with Crippen molar-refractivity contribution in [1.29, 1.82) is 0 Å². The van der Waals surface area contributed by atoms with Crippen LogP contribution in [0.15, 0.2) is 46.5 Å². The Bertz CT molecular complexity index is 1890. The zero-order chi connectivity index (χ0) is 37.0. The lowest BCUT2D eigenvalue weighted by Gasteiger charge is -2.25. The molecule has 276 valence electrons. The minimum Gasteiger partial charge on any atom is -0.394 e. The third kappa shape index (κ3) is 7.89. The number of allylic oxidation sites excluding steroid dienone is 1. The lowest BCUT2D eigenvalue weighted by atomic mass is 10.0. The Morgan fingerprint density at radius 2 is 1.86 bits per heavy atom. The zero-order valence-electron chi connectivity index (χ0n) is 28.7. The number of carbonyl (C=O) groups is 3. The van der Waals surface area contributed by atoms with Crippen molar-refractivity contribution in [3.63, 3.8) is 0 Å². The van der Waals surface area contributed by atoms with Gasteiger partial charge in [-0.05, 0) is 43.9 Å². The lowest BCUT2D eigenvalue weighted by molar-refractivity contribution is -0.154. The summed E-state index contributed by atoms with van der Waals surface area (Å²) in [7, 11) is 0. The van der Waals surface area contributed by atoms with Gasteiger partial charge in [-0.25, -0.2) is 9.36 Å². The Morgan fingerprint density at radius 1 is 1.12 bits per heavy atom. The van der Waals surface area contributed by atoms with Crippen LogP contribution >= 0.6 is 0 Å². The molecule has 2 aromatic heterocycles. The SMILES string of the molecule is C=CCn1c(=O)n([C@@H]2O[C@H](CO)[C@H]3OC(c4cccc(NC(=O)[C@H](CCCCN)NC(=O)[C@@H](NC(C)=O)C(C)C)c4)O[C@H]32)c2nc(N)[nH]c(=O)c21. The average molecular weight is 712 g/mol. The largest absolute Gasteiger partial charge is 0.394 e. The summed E-state index contributed by atoms with van der Waals surface area (Å²) in [5.41, 5.74) is 11.1. The molecule has 1 unspecified atom stereocenters. The van der Waals surface area contributed by atoms with Crippen molar-refractivity contribution in [2.24, 2.45) is 11.7 Å². The van der Waals surface area contributed by atoms with Gasteiger partial charge in [0.05, 0.1) is 6.61 Å². The zero-order valence-corrected chi connectivity index (χ0v) is 28.7. The van der Waals surface area contributed by atoms with Gasteiger partial charge in [0.1, 0.15) is 30.4 Å². The van der Waals surface area contributed by atoms with Crippen molar-refractivity contribution in [1.82, 2.24) is 29.7 Å². The van der Waals surface area contributed by atoms with Crippen LogP contribution in [-0.2, 0) is 35.1 Å². The summed E-state index contributed by atoms with van der Waals surface area (Å²) in [5, 5.41) is 18.4. The third-order valence-corrected chi connectivity index (χ3v) is 8.74. The van der Waals surface area contributed by atoms with E-state index in [1.54, 1.807) is 38.1 Å². The lowest BCUT2D eigenvalue weighted by Crippen LogP contribution is -2.54. The summed E-state index contributed by atoms with van der Waals surface area (Å²) in [6.07, 6.45) is -1.81. The highest BCUT2D eigenvalue weighted by Gasteiger charge is 2.54. The summed E-state index contributed by atoms with van der Waals surface area (Å²) in [4.78, 5) is 71.5. The number of ether oxygens (including phenoxy) is 3. The predicted octanol–water partition coefficient (Wildman–Crippen LogP) is -0.260. The third-order valence-electron chi connectivity index (χ3n) is 8.74. The second kappa shape index (κ2) is 16.0. The molecule has 0 spiro atoms. The van der Waals surface area contributed by atoms with Gasteiger partial charge in [0.25, 0.3) is 5.56 Å². The van der Waals surface area contributed by atoms with Gasteiger partial charge in [-0.1, -0.05) is 32.1 Å². The molecule has 5 rings (SSSR count). The highest BCUT2D eigenvalue weighted by Crippen LogP contribution is 2.44. The molecule has 18 heteroatoms. The van der Waals surface area contributed by atoms with Crippen molar-refractivity contribution in [3.05, 3.63) is 63.3 Å². The molecule has 51 heavy (non-hydrogen) atoms. The molecule has 9 N–H and O–H groups in total. The van der Waals surface area contributed by atoms with Gasteiger partial charge in [-0.3, -0.25) is 28.7 Å². The first kappa shape index (κ1) is 37.4. The molecule has 2 fully saturated rings. The van der Waals surface area contributed by atoms with Crippen LogP contribution in [0, 0.1) is 5.92 Å². The molecule has 0 bridgehead atoms. The fraction of sp³-hybridized carbons (Fsp3) is 0.515. The minimum atomic E-state index is -1.15. The van der Waals surface area contributed by atoms with Crippen molar-refractivity contribution >= 4 is 40.5 Å². The first-order valence-corrected chi connectivity index (χ1v) is 16.7. The van der Waals surface area contributed by atoms with E-state index in [2.05, 4.69) is 32.5 Å². The Labute approximate surface area is 292 Å². The minimum absolute atomic E-state index is 0.00488. The molecule has 4 heterocycles. The van der Waals surface area contributed by atoms with E-state index in [-0.39, 0.29) is 35.5 Å². The van der Waals surface area contributed by atoms with Gasteiger partial charge >= 0.3 is 5.69 Å². The van der Waals surface area contributed by atoms with Crippen LogP contribution in [0.4, 0.5) is 11.6 Å². The van der Waals surface area contributed by atoms with Gasteiger partial charge in [-0.15, -0.1) is 6.58 Å².